The largest absolute Gasteiger partial charge is 0.478 e. The lowest BCUT2D eigenvalue weighted by Crippen LogP contribution is -2.46. The predicted molar refractivity (Wildman–Crippen MR) is 52.6 cm³/mol. The van der Waals surface area contributed by atoms with Crippen LogP contribution in [0.25, 0.3) is 0 Å². The smallest absolute Gasteiger partial charge is 0.347 e. The molecule has 0 fully saturated rings. The van der Waals surface area contributed by atoms with Gasteiger partial charge in [-0.2, -0.15) is 9.98 Å². The maximum atomic E-state index is 10.7. The van der Waals surface area contributed by atoms with E-state index in [2.05, 4.69) is 9.98 Å². The summed E-state index contributed by atoms with van der Waals surface area (Å²) in [5.41, 5.74) is 8.68. The number of carboxylic acid groups (broad SMARTS) is 1. The molecule has 2 unspecified atom stereocenters. The molecule has 0 radical (unpaired) electrons. The standard InChI is InChI=1S/C8H12N4O4/c9-6(11-4-13)2-1-3-8(10,7(15)16)12-5-14/h6H,1-3,9-10H2,(H,15,16). The molecule has 0 saturated heterocycles. The highest BCUT2D eigenvalue weighted by atomic mass is 16.4. The monoisotopic (exact) mass is 228 g/mol. The van der Waals surface area contributed by atoms with E-state index < -0.39 is 17.8 Å². The molecule has 0 spiro atoms. The van der Waals surface area contributed by atoms with Crippen LogP contribution in [-0.4, -0.2) is 35.1 Å². The topological polar surface area (TPSA) is 148 Å². The SMILES string of the molecule is NC(CCCC(N)(N=C=O)C(=O)O)N=C=O. The van der Waals surface area contributed by atoms with Crippen molar-refractivity contribution in [2.75, 3.05) is 0 Å². The van der Waals surface area contributed by atoms with E-state index in [1.165, 1.54) is 6.08 Å². The summed E-state index contributed by atoms with van der Waals surface area (Å²) >= 11 is 0. The van der Waals surface area contributed by atoms with Gasteiger partial charge in [0.1, 0.15) is 6.17 Å². The Morgan fingerprint density at radius 2 is 2.06 bits per heavy atom. The molecule has 8 nitrogen and oxygen atoms in total. The highest BCUT2D eigenvalue weighted by Crippen LogP contribution is 2.13. The second-order valence-corrected chi connectivity index (χ2v) is 3.11. The van der Waals surface area contributed by atoms with Crippen molar-refractivity contribution in [3.63, 3.8) is 0 Å². The summed E-state index contributed by atoms with van der Waals surface area (Å²) in [6.07, 6.45) is 2.03. The van der Waals surface area contributed by atoms with E-state index in [0.717, 1.165) is 6.08 Å². The minimum absolute atomic E-state index is 0.0976. The van der Waals surface area contributed by atoms with Crippen LogP contribution in [0.4, 0.5) is 0 Å². The molecule has 8 heteroatoms. The number of aliphatic carboxylic acids is 1. The molecule has 88 valence electrons. The summed E-state index contributed by atoms with van der Waals surface area (Å²) in [5, 5.41) is 8.72. The zero-order chi connectivity index (χ0) is 12.6. The Bertz CT molecular complexity index is 342. The maximum absolute atomic E-state index is 10.7. The van der Waals surface area contributed by atoms with Crippen LogP contribution in [0.3, 0.4) is 0 Å². The first-order valence-electron chi connectivity index (χ1n) is 4.40. The number of aliphatic imine (C=N–C) groups is 2. The molecule has 0 aliphatic carbocycles. The van der Waals surface area contributed by atoms with Crippen LogP contribution in [0.15, 0.2) is 9.98 Å². The third-order valence-corrected chi connectivity index (χ3v) is 1.89. The van der Waals surface area contributed by atoms with Gasteiger partial charge in [-0.1, -0.05) is 0 Å². The number of rotatable bonds is 7. The minimum atomic E-state index is -1.99. The van der Waals surface area contributed by atoms with Gasteiger partial charge in [-0.15, -0.1) is 0 Å². The summed E-state index contributed by atoms with van der Waals surface area (Å²) < 4.78 is 0. The van der Waals surface area contributed by atoms with Gasteiger partial charge >= 0.3 is 5.97 Å². The fourth-order valence-electron chi connectivity index (χ4n) is 1.01. The third-order valence-electron chi connectivity index (χ3n) is 1.89. The average Bonchev–Trinajstić information content (AvgIpc) is 2.18. The zero-order valence-electron chi connectivity index (χ0n) is 8.42. The average molecular weight is 228 g/mol. The van der Waals surface area contributed by atoms with Gasteiger partial charge in [0.15, 0.2) is 0 Å². The number of carboxylic acids is 1. The summed E-state index contributed by atoms with van der Waals surface area (Å²) in [7, 11) is 0. The number of isocyanates is 2. The van der Waals surface area contributed by atoms with Crippen LogP contribution in [0.5, 0.6) is 0 Å². The molecule has 0 aromatic carbocycles. The molecule has 0 aromatic rings. The van der Waals surface area contributed by atoms with Crippen molar-refractivity contribution < 1.29 is 19.5 Å². The van der Waals surface area contributed by atoms with E-state index in [-0.39, 0.29) is 19.3 Å². The van der Waals surface area contributed by atoms with Crippen molar-refractivity contribution in [1.82, 2.24) is 0 Å². The Morgan fingerprint density at radius 3 is 2.50 bits per heavy atom. The van der Waals surface area contributed by atoms with E-state index in [1.807, 2.05) is 0 Å². The van der Waals surface area contributed by atoms with Gasteiger partial charge in [-0.05, 0) is 19.3 Å². The van der Waals surface area contributed by atoms with E-state index in [4.69, 9.17) is 16.6 Å². The van der Waals surface area contributed by atoms with Crippen molar-refractivity contribution in [2.45, 2.75) is 31.1 Å². The second-order valence-electron chi connectivity index (χ2n) is 3.11. The Morgan fingerprint density at radius 1 is 1.44 bits per heavy atom. The summed E-state index contributed by atoms with van der Waals surface area (Å²) in [6, 6.07) is 0. The highest BCUT2D eigenvalue weighted by molar-refractivity contribution is 5.79. The van der Waals surface area contributed by atoms with Crippen LogP contribution in [0.1, 0.15) is 19.3 Å². The molecule has 5 N–H and O–H groups in total. The number of carbonyl (C=O) groups is 1. The Labute approximate surface area is 91.0 Å². The fraction of sp³-hybridized carbons (Fsp3) is 0.625. The number of nitrogens with two attached hydrogens (primary N) is 2. The maximum Gasteiger partial charge on any atom is 0.347 e. The van der Waals surface area contributed by atoms with Crippen LogP contribution in [0, 0.1) is 0 Å². The van der Waals surface area contributed by atoms with Crippen molar-refractivity contribution in [1.29, 1.82) is 0 Å². The number of carbonyl (C=O) groups excluding carboxylic acids is 2. The Balaban J connectivity index is 4.30. The normalized spacial score (nSPS) is 15.1. The summed E-state index contributed by atoms with van der Waals surface area (Å²) in [4.78, 5) is 36.8. The summed E-state index contributed by atoms with van der Waals surface area (Å²) in [6.45, 7) is 0. The molecule has 0 heterocycles. The summed E-state index contributed by atoms with van der Waals surface area (Å²) in [5.74, 6) is -1.43. The zero-order valence-corrected chi connectivity index (χ0v) is 8.42. The number of hydrogen-bond donors (Lipinski definition) is 3. The molecular weight excluding hydrogens is 216 g/mol. The number of hydrogen-bond acceptors (Lipinski definition) is 7. The first kappa shape index (κ1) is 14.2. The van der Waals surface area contributed by atoms with Gasteiger partial charge in [-0.3, -0.25) is 5.73 Å². The van der Waals surface area contributed by atoms with Crippen molar-refractivity contribution in [3.05, 3.63) is 0 Å². The lowest BCUT2D eigenvalue weighted by Gasteiger charge is -2.17. The third kappa shape index (κ3) is 4.59. The predicted octanol–water partition coefficient (Wildman–Crippen LogP) is -1.15. The molecule has 0 bridgehead atoms. The molecular formula is C8H12N4O4. The highest BCUT2D eigenvalue weighted by Gasteiger charge is 2.33. The van der Waals surface area contributed by atoms with E-state index in [1.54, 1.807) is 0 Å². The van der Waals surface area contributed by atoms with Crippen LogP contribution in [0.2, 0.25) is 0 Å². The fourth-order valence-corrected chi connectivity index (χ4v) is 1.01. The molecule has 0 saturated carbocycles. The molecule has 0 aliphatic heterocycles. The van der Waals surface area contributed by atoms with Gasteiger partial charge < -0.3 is 10.8 Å². The van der Waals surface area contributed by atoms with Gasteiger partial charge in [-0.25, -0.2) is 14.4 Å². The number of nitrogens with zero attached hydrogens (tertiary/aromatic N) is 2. The van der Waals surface area contributed by atoms with E-state index in [0.29, 0.717) is 0 Å². The van der Waals surface area contributed by atoms with E-state index >= 15 is 0 Å². The van der Waals surface area contributed by atoms with Gasteiger partial charge in [0, 0.05) is 0 Å². The van der Waals surface area contributed by atoms with Gasteiger partial charge in [0.2, 0.25) is 17.8 Å². The van der Waals surface area contributed by atoms with Crippen molar-refractivity contribution in [3.8, 4) is 0 Å². The van der Waals surface area contributed by atoms with Crippen LogP contribution < -0.4 is 11.5 Å². The molecule has 0 amide bonds. The van der Waals surface area contributed by atoms with E-state index in [9.17, 15) is 14.4 Å². The Kier molecular flexibility index (Phi) is 5.84. The van der Waals surface area contributed by atoms with Crippen LogP contribution in [-0.2, 0) is 14.4 Å². The molecule has 2 atom stereocenters. The molecule has 16 heavy (non-hydrogen) atoms. The first-order chi connectivity index (χ1) is 7.46. The van der Waals surface area contributed by atoms with Crippen LogP contribution >= 0.6 is 0 Å². The van der Waals surface area contributed by atoms with Crippen molar-refractivity contribution >= 4 is 18.1 Å². The first-order valence-corrected chi connectivity index (χ1v) is 4.40. The quantitative estimate of drug-likeness (QED) is 0.370. The van der Waals surface area contributed by atoms with Gasteiger partial charge in [0.05, 0.1) is 0 Å². The Hall–Kier alpha value is -1.85. The molecule has 0 rings (SSSR count). The minimum Gasteiger partial charge on any atom is -0.478 e. The lowest BCUT2D eigenvalue weighted by atomic mass is 10.0. The lowest BCUT2D eigenvalue weighted by molar-refractivity contribution is -0.143. The molecule has 0 aliphatic rings. The van der Waals surface area contributed by atoms with Crippen molar-refractivity contribution in [2.24, 2.45) is 21.5 Å². The molecule has 0 aromatic heterocycles. The van der Waals surface area contributed by atoms with Gasteiger partial charge in [0.25, 0.3) is 0 Å². The second kappa shape index (κ2) is 6.60.